The van der Waals surface area contributed by atoms with Gasteiger partial charge in [0.05, 0.1) is 40.4 Å². The summed E-state index contributed by atoms with van der Waals surface area (Å²) in [6.07, 6.45) is 0. The maximum absolute atomic E-state index is 11.2. The van der Waals surface area contributed by atoms with E-state index in [1.807, 2.05) is 18.2 Å². The Morgan fingerprint density at radius 1 is 1.32 bits per heavy atom. The van der Waals surface area contributed by atoms with Gasteiger partial charge in [-0.2, -0.15) is 0 Å². The van der Waals surface area contributed by atoms with Crippen LogP contribution in [0.15, 0.2) is 24.3 Å². The molecular formula is C14H21N2O3+. The molecule has 1 aliphatic heterocycles. The summed E-state index contributed by atoms with van der Waals surface area (Å²) in [7, 11) is 3.12. The number of hydrogen-bond acceptors (Lipinski definition) is 4. The van der Waals surface area contributed by atoms with Gasteiger partial charge in [-0.05, 0) is 12.1 Å². The van der Waals surface area contributed by atoms with E-state index >= 15 is 0 Å². The molecule has 0 aromatic heterocycles. The first-order valence-corrected chi connectivity index (χ1v) is 6.52. The number of carbonyl (C=O) groups excluding carboxylic acids is 1. The minimum absolute atomic E-state index is 0.134. The molecule has 0 saturated carbocycles. The lowest BCUT2D eigenvalue weighted by Crippen LogP contribution is -3.15. The molecule has 0 unspecified atom stereocenters. The van der Waals surface area contributed by atoms with Crippen LogP contribution in [0.2, 0.25) is 0 Å². The Morgan fingerprint density at radius 2 is 2.05 bits per heavy atom. The van der Waals surface area contributed by atoms with E-state index in [0.717, 1.165) is 31.9 Å². The van der Waals surface area contributed by atoms with Crippen LogP contribution in [0.4, 0.5) is 5.69 Å². The van der Waals surface area contributed by atoms with E-state index in [1.54, 1.807) is 7.11 Å². The zero-order valence-corrected chi connectivity index (χ0v) is 11.5. The highest BCUT2D eigenvalue weighted by Gasteiger charge is 2.22. The van der Waals surface area contributed by atoms with Crippen molar-refractivity contribution in [1.29, 1.82) is 0 Å². The normalized spacial score (nSPS) is 16.2. The summed E-state index contributed by atoms with van der Waals surface area (Å²) >= 11 is 0. The molecule has 5 heteroatoms. The predicted octanol–water partition coefficient (Wildman–Crippen LogP) is -0.427. The number of rotatable bonds is 4. The number of anilines is 1. The Hall–Kier alpha value is -1.75. The lowest BCUT2D eigenvalue weighted by Gasteiger charge is -2.33. The quantitative estimate of drug-likeness (QED) is 0.751. The predicted molar refractivity (Wildman–Crippen MR) is 72.8 cm³/mol. The minimum atomic E-state index is -0.134. The number of carbonyl (C=O) groups is 1. The fourth-order valence-corrected chi connectivity index (χ4v) is 2.34. The Bertz CT molecular complexity index is 428. The molecule has 1 aliphatic rings. The number of nitrogens with zero attached hydrogens (tertiary/aromatic N) is 1. The first-order chi connectivity index (χ1) is 9.22. The monoisotopic (exact) mass is 265 g/mol. The van der Waals surface area contributed by atoms with Crippen LogP contribution < -0.4 is 14.5 Å². The topological polar surface area (TPSA) is 43.2 Å². The highest BCUT2D eigenvalue weighted by atomic mass is 16.5. The van der Waals surface area contributed by atoms with E-state index in [9.17, 15) is 4.79 Å². The number of hydrogen-bond donors (Lipinski definition) is 1. The average Bonchev–Trinajstić information content (AvgIpc) is 2.48. The van der Waals surface area contributed by atoms with Crippen LogP contribution in [0.5, 0.6) is 5.75 Å². The highest BCUT2D eigenvalue weighted by Crippen LogP contribution is 2.20. The average molecular weight is 265 g/mol. The van der Waals surface area contributed by atoms with Gasteiger partial charge in [0, 0.05) is 11.8 Å². The second-order valence-corrected chi connectivity index (χ2v) is 4.69. The van der Waals surface area contributed by atoms with Crippen molar-refractivity contribution < 1.29 is 19.2 Å². The molecule has 1 aromatic carbocycles. The van der Waals surface area contributed by atoms with Crippen molar-refractivity contribution in [3.8, 4) is 5.75 Å². The maximum atomic E-state index is 11.2. The number of benzene rings is 1. The summed E-state index contributed by atoms with van der Waals surface area (Å²) in [5, 5.41) is 0. The standard InChI is InChI=1S/C14H20N2O3/c1-18-13-5-3-4-12(10-13)16-8-6-15(7-9-16)11-14(17)19-2/h3-5,10H,6-9,11H2,1-2H3/p+1. The minimum Gasteiger partial charge on any atom is -0.497 e. The van der Waals surface area contributed by atoms with E-state index in [0.29, 0.717) is 6.54 Å². The molecule has 1 saturated heterocycles. The number of quaternary nitrogens is 1. The molecule has 1 fully saturated rings. The Labute approximate surface area is 113 Å². The van der Waals surface area contributed by atoms with Gasteiger partial charge < -0.3 is 19.3 Å². The molecule has 0 atom stereocenters. The lowest BCUT2D eigenvalue weighted by molar-refractivity contribution is -0.893. The van der Waals surface area contributed by atoms with Crippen LogP contribution in [0.1, 0.15) is 0 Å². The van der Waals surface area contributed by atoms with E-state index in [4.69, 9.17) is 9.47 Å². The van der Waals surface area contributed by atoms with E-state index in [-0.39, 0.29) is 5.97 Å². The molecule has 1 N–H and O–H groups in total. The molecule has 104 valence electrons. The number of methoxy groups -OCH3 is 2. The molecule has 0 radical (unpaired) electrons. The largest absolute Gasteiger partial charge is 0.497 e. The molecule has 0 spiro atoms. The SMILES string of the molecule is COC(=O)C[NH+]1CCN(c2cccc(OC)c2)CC1. The third kappa shape index (κ3) is 3.61. The van der Waals surface area contributed by atoms with Gasteiger partial charge in [-0.15, -0.1) is 0 Å². The van der Waals surface area contributed by atoms with Crippen LogP contribution in [0, 0.1) is 0 Å². The van der Waals surface area contributed by atoms with Crippen LogP contribution in [0.3, 0.4) is 0 Å². The van der Waals surface area contributed by atoms with Gasteiger partial charge in [-0.1, -0.05) is 6.07 Å². The van der Waals surface area contributed by atoms with Gasteiger partial charge in [-0.25, -0.2) is 4.79 Å². The van der Waals surface area contributed by atoms with Crippen molar-refractivity contribution in [2.45, 2.75) is 0 Å². The zero-order chi connectivity index (χ0) is 13.7. The Kier molecular flexibility index (Phi) is 4.63. The molecule has 19 heavy (non-hydrogen) atoms. The van der Waals surface area contributed by atoms with Gasteiger partial charge in [0.1, 0.15) is 5.75 Å². The molecule has 5 nitrogen and oxygen atoms in total. The third-order valence-electron chi connectivity index (χ3n) is 3.51. The van der Waals surface area contributed by atoms with E-state index in [1.165, 1.54) is 17.7 Å². The fraction of sp³-hybridized carbons (Fsp3) is 0.500. The van der Waals surface area contributed by atoms with Gasteiger partial charge in [0.15, 0.2) is 6.54 Å². The van der Waals surface area contributed by atoms with Gasteiger partial charge in [-0.3, -0.25) is 0 Å². The number of ether oxygens (including phenoxy) is 2. The maximum Gasteiger partial charge on any atom is 0.361 e. The number of nitrogens with one attached hydrogen (secondary N) is 1. The van der Waals surface area contributed by atoms with Gasteiger partial charge in [0.2, 0.25) is 0 Å². The molecule has 2 rings (SSSR count). The highest BCUT2D eigenvalue weighted by molar-refractivity contribution is 5.70. The molecule has 0 bridgehead atoms. The van der Waals surface area contributed by atoms with E-state index in [2.05, 4.69) is 11.0 Å². The number of esters is 1. The molecular weight excluding hydrogens is 244 g/mol. The van der Waals surface area contributed by atoms with Crippen molar-refractivity contribution in [3.63, 3.8) is 0 Å². The van der Waals surface area contributed by atoms with Crippen LogP contribution in [-0.2, 0) is 9.53 Å². The second-order valence-electron chi connectivity index (χ2n) is 4.69. The molecule has 1 heterocycles. The van der Waals surface area contributed by atoms with Gasteiger partial charge >= 0.3 is 5.97 Å². The third-order valence-corrected chi connectivity index (χ3v) is 3.51. The molecule has 0 aliphatic carbocycles. The summed E-state index contributed by atoms with van der Waals surface area (Å²) in [5.41, 5.74) is 1.18. The van der Waals surface area contributed by atoms with Crippen LogP contribution >= 0.6 is 0 Å². The zero-order valence-electron chi connectivity index (χ0n) is 11.5. The fourth-order valence-electron chi connectivity index (χ4n) is 2.34. The van der Waals surface area contributed by atoms with Crippen LogP contribution in [-0.4, -0.2) is 52.9 Å². The first kappa shape index (κ1) is 13.7. The van der Waals surface area contributed by atoms with Crippen molar-refractivity contribution in [3.05, 3.63) is 24.3 Å². The lowest BCUT2D eigenvalue weighted by atomic mass is 10.2. The molecule has 0 amide bonds. The summed E-state index contributed by atoms with van der Waals surface area (Å²) in [4.78, 5) is 14.8. The second kappa shape index (κ2) is 6.43. The van der Waals surface area contributed by atoms with Crippen molar-refractivity contribution in [2.75, 3.05) is 51.8 Å². The van der Waals surface area contributed by atoms with Gasteiger partial charge in [0.25, 0.3) is 0 Å². The van der Waals surface area contributed by atoms with Crippen molar-refractivity contribution >= 4 is 11.7 Å². The smallest absolute Gasteiger partial charge is 0.361 e. The number of piperazine rings is 1. The molecule has 1 aromatic rings. The van der Waals surface area contributed by atoms with Crippen molar-refractivity contribution in [2.24, 2.45) is 0 Å². The first-order valence-electron chi connectivity index (χ1n) is 6.52. The van der Waals surface area contributed by atoms with Crippen LogP contribution in [0.25, 0.3) is 0 Å². The van der Waals surface area contributed by atoms with E-state index < -0.39 is 0 Å². The summed E-state index contributed by atoms with van der Waals surface area (Å²) in [6.45, 7) is 4.25. The summed E-state index contributed by atoms with van der Waals surface area (Å²) < 4.78 is 9.95. The Morgan fingerprint density at radius 3 is 2.68 bits per heavy atom. The Balaban J connectivity index is 1.90. The van der Waals surface area contributed by atoms with Crippen molar-refractivity contribution in [1.82, 2.24) is 0 Å². The summed E-state index contributed by atoms with van der Waals surface area (Å²) in [6, 6.07) is 8.09. The summed E-state index contributed by atoms with van der Waals surface area (Å²) in [5.74, 6) is 0.742.